The molecule has 3 aromatic rings. The van der Waals surface area contributed by atoms with Gasteiger partial charge in [-0.05, 0) is 82.0 Å². The van der Waals surface area contributed by atoms with E-state index in [2.05, 4.69) is 24.5 Å². The summed E-state index contributed by atoms with van der Waals surface area (Å²) in [5, 5.41) is 0.478. The molecule has 0 spiro atoms. The van der Waals surface area contributed by atoms with Gasteiger partial charge in [0.05, 0.1) is 10.9 Å². The molecule has 8 rings (SSSR count). The summed E-state index contributed by atoms with van der Waals surface area (Å²) in [5.74, 6) is 0.627. The normalized spacial score (nSPS) is 26.0. The lowest BCUT2D eigenvalue weighted by molar-refractivity contribution is -0.286. The summed E-state index contributed by atoms with van der Waals surface area (Å²) < 4.78 is 59.7. The Morgan fingerprint density at radius 3 is 2.58 bits per heavy atom. The van der Waals surface area contributed by atoms with Crippen LogP contribution < -0.4 is 19.1 Å². The number of aromatic nitrogens is 3. The van der Waals surface area contributed by atoms with Gasteiger partial charge in [-0.3, -0.25) is 9.88 Å². The van der Waals surface area contributed by atoms with E-state index in [4.69, 9.17) is 14.5 Å². The standard InChI is InChI=1S/C29H30F3N5O3/c30-22-23(19-4-1-5-21-25(19)40-29(31,32)39-21)33-13-20-24(22)34-27(38-16-28-8-2-10-37(28)11-3-9-28)35-26(20)36-14-17-6-7-18(12-17)15-36/h1,4-5,13,17-18H,2-3,6-12,14-16H2. The predicted molar refractivity (Wildman–Crippen MR) is 140 cm³/mol. The molecule has 1 aliphatic carbocycles. The number of piperidine rings is 1. The second kappa shape index (κ2) is 8.83. The van der Waals surface area contributed by atoms with Gasteiger partial charge in [0.2, 0.25) is 0 Å². The van der Waals surface area contributed by atoms with Gasteiger partial charge in [0.15, 0.2) is 17.3 Å². The zero-order valence-corrected chi connectivity index (χ0v) is 22.0. The fourth-order valence-corrected chi connectivity index (χ4v) is 7.71. The first-order valence-corrected chi connectivity index (χ1v) is 14.3. The Morgan fingerprint density at radius 2 is 1.80 bits per heavy atom. The van der Waals surface area contributed by atoms with E-state index in [1.165, 1.54) is 43.7 Å². The van der Waals surface area contributed by atoms with Crippen LogP contribution in [0.1, 0.15) is 44.9 Å². The lowest BCUT2D eigenvalue weighted by Crippen LogP contribution is -2.43. The highest BCUT2D eigenvalue weighted by Crippen LogP contribution is 2.48. The summed E-state index contributed by atoms with van der Waals surface area (Å²) in [4.78, 5) is 18.5. The molecule has 5 aliphatic rings. The number of anilines is 1. The van der Waals surface area contributed by atoms with Crippen molar-refractivity contribution < 1.29 is 27.4 Å². The van der Waals surface area contributed by atoms with Gasteiger partial charge in [-0.1, -0.05) is 6.07 Å². The van der Waals surface area contributed by atoms with E-state index >= 15 is 4.39 Å². The van der Waals surface area contributed by atoms with Crippen molar-refractivity contribution in [2.24, 2.45) is 11.8 Å². The van der Waals surface area contributed by atoms with E-state index in [1.54, 1.807) is 0 Å². The first-order valence-electron chi connectivity index (χ1n) is 14.3. The minimum Gasteiger partial charge on any atom is -0.461 e. The second-order valence-corrected chi connectivity index (χ2v) is 12.0. The van der Waals surface area contributed by atoms with Gasteiger partial charge in [-0.25, -0.2) is 4.39 Å². The quantitative estimate of drug-likeness (QED) is 0.416. The van der Waals surface area contributed by atoms with Gasteiger partial charge >= 0.3 is 12.3 Å². The molecule has 6 heterocycles. The molecule has 2 unspecified atom stereocenters. The van der Waals surface area contributed by atoms with Crippen molar-refractivity contribution in [1.82, 2.24) is 19.9 Å². The third kappa shape index (κ3) is 3.88. The number of para-hydroxylation sites is 1. The molecule has 210 valence electrons. The van der Waals surface area contributed by atoms with Crippen molar-refractivity contribution in [2.75, 3.05) is 37.7 Å². The van der Waals surface area contributed by atoms with Gasteiger partial charge in [-0.2, -0.15) is 9.97 Å². The first-order chi connectivity index (χ1) is 19.4. The number of fused-ring (bicyclic) bond motifs is 5. The summed E-state index contributed by atoms with van der Waals surface area (Å²) in [6, 6.07) is 4.47. The molecule has 1 saturated carbocycles. The molecule has 2 aromatic heterocycles. The fraction of sp³-hybridized carbons (Fsp3) is 0.552. The molecule has 11 heteroatoms. The maximum Gasteiger partial charge on any atom is 0.586 e. The zero-order chi connectivity index (χ0) is 27.1. The van der Waals surface area contributed by atoms with Crippen molar-refractivity contribution in [2.45, 2.75) is 56.8 Å². The maximum absolute atomic E-state index is 16.3. The second-order valence-electron chi connectivity index (χ2n) is 12.0. The Kier molecular flexibility index (Phi) is 5.40. The third-order valence-corrected chi connectivity index (χ3v) is 9.51. The maximum atomic E-state index is 16.3. The number of halogens is 3. The number of benzene rings is 1. The van der Waals surface area contributed by atoms with E-state index in [0.29, 0.717) is 29.6 Å². The molecule has 4 aliphatic heterocycles. The summed E-state index contributed by atoms with van der Waals surface area (Å²) >= 11 is 0. The first kappa shape index (κ1) is 24.5. The summed E-state index contributed by atoms with van der Waals surface area (Å²) in [6.07, 6.45) is 5.70. The highest BCUT2D eigenvalue weighted by molar-refractivity contribution is 5.92. The fourth-order valence-electron chi connectivity index (χ4n) is 7.71. The Balaban J connectivity index is 1.22. The van der Waals surface area contributed by atoms with Gasteiger partial charge in [0.1, 0.15) is 23.6 Å². The van der Waals surface area contributed by atoms with E-state index in [-0.39, 0.29) is 39.8 Å². The van der Waals surface area contributed by atoms with Gasteiger partial charge in [0, 0.05) is 24.8 Å². The van der Waals surface area contributed by atoms with Crippen LogP contribution in [0.15, 0.2) is 24.4 Å². The Morgan fingerprint density at radius 1 is 1.02 bits per heavy atom. The number of ether oxygens (including phenoxy) is 3. The van der Waals surface area contributed by atoms with Crippen molar-refractivity contribution in [3.63, 3.8) is 0 Å². The molecule has 2 bridgehead atoms. The Hall–Kier alpha value is -3.34. The van der Waals surface area contributed by atoms with Crippen LogP contribution in [0.5, 0.6) is 17.5 Å². The lowest BCUT2D eigenvalue weighted by atomic mass is 9.95. The van der Waals surface area contributed by atoms with Gasteiger partial charge in [0.25, 0.3) is 0 Å². The van der Waals surface area contributed by atoms with Crippen LogP contribution in [-0.2, 0) is 0 Å². The zero-order valence-electron chi connectivity index (χ0n) is 22.0. The van der Waals surface area contributed by atoms with Crippen molar-refractivity contribution in [3.8, 4) is 28.8 Å². The van der Waals surface area contributed by atoms with Crippen LogP contribution in [-0.4, -0.2) is 64.5 Å². The highest BCUT2D eigenvalue weighted by atomic mass is 19.3. The molecule has 4 fully saturated rings. The van der Waals surface area contributed by atoms with Gasteiger partial charge < -0.3 is 19.1 Å². The number of alkyl halides is 2. The van der Waals surface area contributed by atoms with Crippen LogP contribution in [0.2, 0.25) is 0 Å². The summed E-state index contributed by atoms with van der Waals surface area (Å²) in [6.45, 7) is 4.28. The topological polar surface area (TPSA) is 72.8 Å². The number of hydrogen-bond acceptors (Lipinski definition) is 8. The Bertz CT molecular complexity index is 1480. The average Bonchev–Trinajstić information content (AvgIpc) is 3.68. The minimum atomic E-state index is -3.83. The third-order valence-electron chi connectivity index (χ3n) is 9.51. The number of hydrogen-bond donors (Lipinski definition) is 0. The largest absolute Gasteiger partial charge is 0.586 e. The monoisotopic (exact) mass is 553 g/mol. The molecule has 0 amide bonds. The van der Waals surface area contributed by atoms with Crippen LogP contribution in [0.25, 0.3) is 22.2 Å². The molecule has 2 atom stereocenters. The molecular formula is C29H30F3N5O3. The molecule has 0 radical (unpaired) electrons. The van der Waals surface area contributed by atoms with E-state index < -0.39 is 12.1 Å². The average molecular weight is 554 g/mol. The van der Waals surface area contributed by atoms with Gasteiger partial charge in [-0.15, -0.1) is 8.78 Å². The van der Waals surface area contributed by atoms with Crippen LogP contribution in [0, 0.1) is 17.7 Å². The molecule has 0 N–H and O–H groups in total. The molecule has 40 heavy (non-hydrogen) atoms. The predicted octanol–water partition coefficient (Wildman–Crippen LogP) is 5.40. The lowest BCUT2D eigenvalue weighted by Gasteiger charge is -2.34. The van der Waals surface area contributed by atoms with Crippen LogP contribution >= 0.6 is 0 Å². The van der Waals surface area contributed by atoms with Crippen LogP contribution in [0.4, 0.5) is 19.0 Å². The minimum absolute atomic E-state index is 0.0160. The summed E-state index contributed by atoms with van der Waals surface area (Å²) in [7, 11) is 0. The molecule has 8 nitrogen and oxygen atoms in total. The highest BCUT2D eigenvalue weighted by Gasteiger charge is 2.46. The van der Waals surface area contributed by atoms with E-state index in [0.717, 1.165) is 51.9 Å². The summed E-state index contributed by atoms with van der Waals surface area (Å²) in [5.41, 5.74) is -0.0356. The smallest absolute Gasteiger partial charge is 0.461 e. The van der Waals surface area contributed by atoms with Crippen molar-refractivity contribution in [3.05, 3.63) is 30.2 Å². The SMILES string of the molecule is Fc1c(-c2cccc3c2OC(F)(F)O3)ncc2c(N3CC4CCC(C4)C3)nc(OCC34CCCN3CCC4)nc12. The molecule has 3 saturated heterocycles. The Labute approximate surface area is 229 Å². The van der Waals surface area contributed by atoms with Crippen LogP contribution in [0.3, 0.4) is 0 Å². The van der Waals surface area contributed by atoms with E-state index in [9.17, 15) is 8.78 Å². The van der Waals surface area contributed by atoms with Crippen molar-refractivity contribution >= 4 is 16.7 Å². The number of nitrogens with zero attached hydrogens (tertiary/aromatic N) is 5. The molecule has 1 aromatic carbocycles. The van der Waals surface area contributed by atoms with Crippen molar-refractivity contribution in [1.29, 1.82) is 0 Å². The van der Waals surface area contributed by atoms with E-state index in [1.807, 2.05) is 0 Å². The number of pyridine rings is 1. The molecular weight excluding hydrogens is 523 g/mol. The number of rotatable bonds is 5.